The summed E-state index contributed by atoms with van der Waals surface area (Å²) >= 11 is 0. The molecule has 0 aromatic carbocycles. The van der Waals surface area contributed by atoms with Gasteiger partial charge in [-0.2, -0.15) is 0 Å². The van der Waals surface area contributed by atoms with Crippen LogP contribution in [-0.4, -0.2) is 34.2 Å². The Hall–Kier alpha value is -1.23. The summed E-state index contributed by atoms with van der Waals surface area (Å²) in [4.78, 5) is 24.3. The maximum Gasteiger partial charge on any atom is 0.305 e. The van der Waals surface area contributed by atoms with E-state index in [4.69, 9.17) is 4.74 Å². The first-order chi connectivity index (χ1) is 13.0. The number of esters is 1. The Kier molecular flexibility index (Phi) is 4.39. The van der Waals surface area contributed by atoms with Gasteiger partial charge in [-0.05, 0) is 57.4 Å². The van der Waals surface area contributed by atoms with Crippen LogP contribution in [0, 0.1) is 22.7 Å². The molecule has 0 spiro atoms. The summed E-state index contributed by atoms with van der Waals surface area (Å²) in [6, 6.07) is 0. The number of ether oxygens (including phenoxy) is 1. The molecule has 0 aliphatic heterocycles. The first-order valence-corrected chi connectivity index (χ1v) is 10.8. The fourth-order valence-electron chi connectivity index (χ4n) is 7.12. The Bertz CT molecular complexity index is 743. The van der Waals surface area contributed by atoms with E-state index in [1.165, 1.54) is 0 Å². The first kappa shape index (κ1) is 20.1. The van der Waals surface area contributed by atoms with Crippen LogP contribution >= 0.6 is 0 Å². The number of allylic oxidation sites excluding steroid dienone is 1. The van der Waals surface area contributed by atoms with Crippen LogP contribution in [0.25, 0.3) is 0 Å². The lowest BCUT2D eigenvalue weighted by molar-refractivity contribution is -0.236. The molecule has 5 heteroatoms. The number of halogens is 1. The molecule has 0 bridgehead atoms. The summed E-state index contributed by atoms with van der Waals surface area (Å²) in [5.74, 6) is -0.543. The lowest BCUT2D eigenvalue weighted by atomic mass is 9.44. The van der Waals surface area contributed by atoms with Crippen molar-refractivity contribution in [1.82, 2.24) is 0 Å². The van der Waals surface area contributed by atoms with E-state index in [9.17, 15) is 14.7 Å². The lowest BCUT2D eigenvalue weighted by Gasteiger charge is -2.63. The molecule has 0 aromatic heterocycles. The molecule has 4 aliphatic rings. The van der Waals surface area contributed by atoms with Crippen LogP contribution in [0.5, 0.6) is 0 Å². The summed E-state index contributed by atoms with van der Waals surface area (Å²) in [7, 11) is 0. The van der Waals surface area contributed by atoms with Crippen molar-refractivity contribution in [3.8, 4) is 0 Å². The molecule has 0 amide bonds. The maximum atomic E-state index is 17.4. The Balaban J connectivity index is 1.84. The number of carbonyl (C=O) groups is 2. The molecule has 1 N–H and O–H groups in total. The van der Waals surface area contributed by atoms with Crippen molar-refractivity contribution in [2.75, 3.05) is 0 Å². The number of hydrogen-bond acceptors (Lipinski definition) is 4. The van der Waals surface area contributed by atoms with Crippen LogP contribution in [0.4, 0.5) is 4.39 Å². The van der Waals surface area contributed by atoms with Crippen molar-refractivity contribution in [2.45, 2.75) is 96.4 Å². The van der Waals surface area contributed by atoms with Gasteiger partial charge in [0.25, 0.3) is 0 Å². The standard InChI is InChI=1S/C23H33FO4/c1-5-19(26)28-18-13-21(3)16(9-11-22(21,4)27)17-7-6-14-12-15(25)8-10-20(14,2)23(17,18)24/h12,16-18,27H,5-11,13H2,1-4H3/t16-,17-,18-,20-,21-,22-,23-/m0/s1. The summed E-state index contributed by atoms with van der Waals surface area (Å²) in [6.45, 7) is 7.55. The fourth-order valence-corrected chi connectivity index (χ4v) is 7.12. The smallest absolute Gasteiger partial charge is 0.305 e. The molecule has 156 valence electrons. The first-order valence-electron chi connectivity index (χ1n) is 10.8. The maximum absolute atomic E-state index is 17.4. The molecule has 4 nitrogen and oxygen atoms in total. The van der Waals surface area contributed by atoms with Crippen molar-refractivity contribution in [3.63, 3.8) is 0 Å². The molecule has 7 atom stereocenters. The van der Waals surface area contributed by atoms with E-state index in [2.05, 4.69) is 6.92 Å². The van der Waals surface area contributed by atoms with Crippen molar-refractivity contribution < 1.29 is 23.8 Å². The summed E-state index contributed by atoms with van der Waals surface area (Å²) in [5.41, 5.74) is -2.98. The van der Waals surface area contributed by atoms with Gasteiger partial charge in [0.05, 0.1) is 5.60 Å². The SMILES string of the molecule is CCC(=O)O[C@H]1C[C@@]2(C)[C@@H](CC[C@]2(C)O)[C@@H]2CCC3=CC(=O)CC[C@]3(C)[C@@]12F. The second kappa shape index (κ2) is 6.13. The molecular weight excluding hydrogens is 359 g/mol. The van der Waals surface area contributed by atoms with E-state index in [-0.39, 0.29) is 24.0 Å². The minimum absolute atomic E-state index is 0.0556. The number of hydrogen-bond donors (Lipinski definition) is 1. The van der Waals surface area contributed by atoms with Gasteiger partial charge in [0, 0.05) is 29.6 Å². The van der Waals surface area contributed by atoms with Gasteiger partial charge in [0.15, 0.2) is 11.5 Å². The van der Waals surface area contributed by atoms with E-state index in [0.29, 0.717) is 38.5 Å². The van der Waals surface area contributed by atoms with Gasteiger partial charge < -0.3 is 9.84 Å². The zero-order valence-electron chi connectivity index (χ0n) is 17.5. The van der Waals surface area contributed by atoms with Gasteiger partial charge in [-0.1, -0.05) is 26.3 Å². The normalized spacial score (nSPS) is 50.3. The number of carbonyl (C=O) groups excluding carboxylic acids is 2. The van der Waals surface area contributed by atoms with E-state index in [1.54, 1.807) is 13.0 Å². The van der Waals surface area contributed by atoms with Crippen LogP contribution in [0.15, 0.2) is 11.6 Å². The minimum Gasteiger partial charge on any atom is -0.459 e. The molecular formula is C23H33FO4. The molecule has 3 saturated carbocycles. The van der Waals surface area contributed by atoms with Crippen molar-refractivity contribution in [1.29, 1.82) is 0 Å². The van der Waals surface area contributed by atoms with E-state index < -0.39 is 34.2 Å². The number of ketones is 1. The Morgan fingerprint density at radius 1 is 1.21 bits per heavy atom. The van der Waals surface area contributed by atoms with Crippen molar-refractivity contribution in [2.24, 2.45) is 22.7 Å². The monoisotopic (exact) mass is 392 g/mol. The van der Waals surface area contributed by atoms with Gasteiger partial charge in [-0.3, -0.25) is 9.59 Å². The molecule has 3 fully saturated rings. The van der Waals surface area contributed by atoms with Crippen molar-refractivity contribution in [3.05, 3.63) is 11.6 Å². The zero-order chi connectivity index (χ0) is 20.5. The summed E-state index contributed by atoms with van der Waals surface area (Å²) in [6.07, 6.45) is 4.89. The van der Waals surface area contributed by atoms with Crippen LogP contribution in [0.1, 0.15) is 79.1 Å². The highest BCUT2D eigenvalue weighted by atomic mass is 19.1. The topological polar surface area (TPSA) is 63.6 Å². The average Bonchev–Trinajstić information content (AvgIpc) is 2.86. The largest absolute Gasteiger partial charge is 0.459 e. The minimum atomic E-state index is -1.70. The summed E-state index contributed by atoms with van der Waals surface area (Å²) < 4.78 is 23.2. The van der Waals surface area contributed by atoms with Crippen LogP contribution in [-0.2, 0) is 14.3 Å². The predicted molar refractivity (Wildman–Crippen MR) is 103 cm³/mol. The molecule has 0 unspecified atom stereocenters. The number of alkyl halides is 1. The molecule has 4 rings (SSSR count). The highest BCUT2D eigenvalue weighted by Crippen LogP contribution is 2.70. The van der Waals surface area contributed by atoms with Gasteiger partial charge in [-0.25, -0.2) is 4.39 Å². The molecule has 0 saturated heterocycles. The second-order valence-corrected chi connectivity index (χ2v) is 10.3. The Morgan fingerprint density at radius 3 is 2.61 bits per heavy atom. The van der Waals surface area contributed by atoms with E-state index in [1.807, 2.05) is 13.8 Å². The highest BCUT2D eigenvalue weighted by Gasteiger charge is 2.73. The van der Waals surface area contributed by atoms with Gasteiger partial charge >= 0.3 is 5.97 Å². The number of fused-ring (bicyclic) bond motifs is 5. The van der Waals surface area contributed by atoms with Crippen LogP contribution in [0.3, 0.4) is 0 Å². The average molecular weight is 393 g/mol. The summed E-state index contributed by atoms with van der Waals surface area (Å²) in [5, 5.41) is 11.1. The second-order valence-electron chi connectivity index (χ2n) is 10.3. The lowest BCUT2D eigenvalue weighted by Crippen LogP contribution is -2.69. The third-order valence-electron chi connectivity index (χ3n) is 9.14. The van der Waals surface area contributed by atoms with Gasteiger partial charge in [0.2, 0.25) is 0 Å². The molecule has 0 radical (unpaired) electrons. The van der Waals surface area contributed by atoms with Gasteiger partial charge in [0.1, 0.15) is 6.10 Å². The third-order valence-corrected chi connectivity index (χ3v) is 9.14. The molecule has 0 aromatic rings. The fraction of sp³-hybridized carbons (Fsp3) is 0.826. The molecule has 28 heavy (non-hydrogen) atoms. The highest BCUT2D eigenvalue weighted by molar-refractivity contribution is 5.91. The third kappa shape index (κ3) is 2.37. The number of rotatable bonds is 2. The Morgan fingerprint density at radius 2 is 1.93 bits per heavy atom. The quantitative estimate of drug-likeness (QED) is 0.712. The molecule has 4 aliphatic carbocycles. The van der Waals surface area contributed by atoms with Crippen LogP contribution < -0.4 is 0 Å². The van der Waals surface area contributed by atoms with E-state index >= 15 is 4.39 Å². The zero-order valence-corrected chi connectivity index (χ0v) is 17.5. The van der Waals surface area contributed by atoms with Gasteiger partial charge in [-0.15, -0.1) is 0 Å². The molecule has 0 heterocycles. The van der Waals surface area contributed by atoms with E-state index in [0.717, 1.165) is 12.0 Å². The van der Waals surface area contributed by atoms with Crippen LogP contribution in [0.2, 0.25) is 0 Å². The Labute approximate surface area is 166 Å². The number of aliphatic hydroxyl groups is 1. The predicted octanol–water partition coefficient (Wildman–Crippen LogP) is 4.29. The van der Waals surface area contributed by atoms with Crippen molar-refractivity contribution >= 4 is 11.8 Å².